The average Bonchev–Trinajstić information content (AvgIpc) is 3.67. The Balaban J connectivity index is 0.000000208. The number of hydrogen-bond donors (Lipinski definition) is 4. The number of nitrogens with zero attached hydrogens (tertiary/aromatic N) is 9. The molecule has 0 fully saturated rings. The Labute approximate surface area is 294 Å². The number of anilines is 3. The Hall–Kier alpha value is -5.81. The summed E-state index contributed by atoms with van der Waals surface area (Å²) >= 11 is 0. The Morgan fingerprint density at radius 3 is 1.75 bits per heavy atom. The van der Waals surface area contributed by atoms with Gasteiger partial charge in [0.25, 0.3) is 5.56 Å². The van der Waals surface area contributed by atoms with Gasteiger partial charge >= 0.3 is 5.69 Å². The summed E-state index contributed by atoms with van der Waals surface area (Å²) in [7, 11) is 0. The number of fused-ring (bicyclic) bond motifs is 2. The normalized spacial score (nSPS) is 11.1. The summed E-state index contributed by atoms with van der Waals surface area (Å²) in [5, 5.41) is 7.80. The molecule has 18 heteroatoms. The standard InChI is InChI=1S/C12H17N5O2.C11H17N3O2.C10H13N5O/c1-6(2)10(18)15-12-14-9-8(11(19)16-12)13-5-17(9)7(3)4;1-7(2)10(15)12-9-5-6-14(8(3)4)11(16)13-9;1-6(2)15-5-13-8-9(14-7(3)16)11-4-12-10(8)15/h5-7H,1-4H3,(H2,14,15,16,18,19);5-8H,1-4H3,(H,12,13,15,16);4-6H,1-3H3,(H,11,12,14,16). The first-order valence-electron chi connectivity index (χ1n) is 16.5. The van der Waals surface area contributed by atoms with E-state index in [4.69, 9.17) is 0 Å². The van der Waals surface area contributed by atoms with E-state index in [2.05, 4.69) is 50.8 Å². The number of H-pyrrole nitrogens is 1. The van der Waals surface area contributed by atoms with Crippen molar-refractivity contribution < 1.29 is 14.4 Å². The van der Waals surface area contributed by atoms with Crippen LogP contribution in [0.3, 0.4) is 0 Å². The third kappa shape index (κ3) is 10.3. The van der Waals surface area contributed by atoms with Gasteiger partial charge in [0.1, 0.15) is 12.1 Å². The van der Waals surface area contributed by atoms with Crippen LogP contribution in [0.2, 0.25) is 0 Å². The van der Waals surface area contributed by atoms with E-state index >= 15 is 0 Å². The number of aromatic nitrogens is 10. The number of nitrogens with one attached hydrogen (secondary N) is 4. The second-order valence-corrected chi connectivity index (χ2v) is 13.0. The van der Waals surface area contributed by atoms with Gasteiger partial charge in [0.2, 0.25) is 23.7 Å². The van der Waals surface area contributed by atoms with Crippen LogP contribution in [-0.2, 0) is 14.4 Å². The number of rotatable bonds is 8. The molecule has 18 nitrogen and oxygen atoms in total. The fourth-order valence-electron chi connectivity index (χ4n) is 4.26. The lowest BCUT2D eigenvalue weighted by molar-refractivity contribution is -0.119. The SMILES string of the molecule is CC(=O)Nc1ncnc2c1ncn2C(C)C.CC(C)C(=O)Nc1ccn(C(C)C)c(=O)n1.CC(C)C(=O)Nc1nc2c(ncn2C(C)C)c(=O)[nH]1. The zero-order valence-electron chi connectivity index (χ0n) is 30.8. The molecule has 0 aromatic carbocycles. The zero-order chi connectivity index (χ0) is 38.2. The van der Waals surface area contributed by atoms with Gasteiger partial charge in [0, 0.05) is 43.1 Å². The van der Waals surface area contributed by atoms with E-state index in [-0.39, 0.29) is 70.4 Å². The fourth-order valence-corrected chi connectivity index (χ4v) is 4.26. The minimum Gasteiger partial charge on any atom is -0.313 e. The molecular weight excluding hydrogens is 658 g/mol. The first-order valence-corrected chi connectivity index (χ1v) is 16.5. The molecule has 5 heterocycles. The number of carbonyl (C=O) groups is 3. The molecule has 5 aromatic rings. The molecule has 0 aliphatic heterocycles. The van der Waals surface area contributed by atoms with Crippen molar-refractivity contribution in [2.75, 3.05) is 16.0 Å². The Kier molecular flexibility index (Phi) is 13.4. The van der Waals surface area contributed by atoms with Crippen LogP contribution in [0.1, 0.15) is 94.3 Å². The lowest BCUT2D eigenvalue weighted by Gasteiger charge is -2.10. The van der Waals surface area contributed by atoms with Gasteiger partial charge < -0.3 is 19.8 Å². The van der Waals surface area contributed by atoms with Crippen LogP contribution in [0.15, 0.2) is 40.8 Å². The first-order chi connectivity index (χ1) is 23.9. The van der Waals surface area contributed by atoms with Crippen molar-refractivity contribution in [2.24, 2.45) is 11.8 Å². The third-order valence-electron chi connectivity index (χ3n) is 7.13. The quantitative estimate of drug-likeness (QED) is 0.180. The minimum absolute atomic E-state index is 0.0647. The summed E-state index contributed by atoms with van der Waals surface area (Å²) in [6, 6.07) is 2.09. The van der Waals surface area contributed by atoms with Gasteiger partial charge in [-0.25, -0.2) is 24.7 Å². The first kappa shape index (κ1) is 39.6. The maximum Gasteiger partial charge on any atom is 0.349 e. The number of imidazole rings is 2. The fraction of sp³-hybridized carbons (Fsp3) is 0.485. The van der Waals surface area contributed by atoms with Gasteiger partial charge in [-0.05, 0) is 47.6 Å². The summed E-state index contributed by atoms with van der Waals surface area (Å²) in [5.74, 6) is 0.0906. The molecule has 5 rings (SSSR count). The molecule has 274 valence electrons. The van der Waals surface area contributed by atoms with Crippen LogP contribution >= 0.6 is 0 Å². The lowest BCUT2D eigenvalue weighted by atomic mass is 10.2. The molecule has 0 radical (unpaired) electrons. The molecule has 0 aliphatic rings. The molecule has 0 spiro atoms. The number of carbonyl (C=O) groups excluding carboxylic acids is 3. The monoisotopic (exact) mass is 705 g/mol. The number of amides is 3. The van der Waals surface area contributed by atoms with Gasteiger partial charge in [0.05, 0.1) is 12.7 Å². The third-order valence-corrected chi connectivity index (χ3v) is 7.13. The van der Waals surface area contributed by atoms with Crippen LogP contribution in [-0.4, -0.2) is 66.3 Å². The van der Waals surface area contributed by atoms with Crippen LogP contribution in [0.25, 0.3) is 22.3 Å². The minimum atomic E-state index is -0.358. The summed E-state index contributed by atoms with van der Waals surface area (Å²) in [4.78, 5) is 84.4. The molecule has 0 saturated heterocycles. The van der Waals surface area contributed by atoms with Crippen molar-refractivity contribution in [3.05, 3.63) is 52.1 Å². The second-order valence-electron chi connectivity index (χ2n) is 13.0. The van der Waals surface area contributed by atoms with Crippen LogP contribution in [0.5, 0.6) is 0 Å². The van der Waals surface area contributed by atoms with Crippen molar-refractivity contribution in [3.8, 4) is 0 Å². The van der Waals surface area contributed by atoms with E-state index < -0.39 is 0 Å². The largest absolute Gasteiger partial charge is 0.349 e. The molecule has 51 heavy (non-hydrogen) atoms. The van der Waals surface area contributed by atoms with Gasteiger partial charge in [0.15, 0.2) is 28.1 Å². The van der Waals surface area contributed by atoms with E-state index in [1.54, 1.807) is 57.2 Å². The smallest absolute Gasteiger partial charge is 0.313 e. The summed E-state index contributed by atoms with van der Waals surface area (Å²) < 4.78 is 5.23. The van der Waals surface area contributed by atoms with E-state index in [0.29, 0.717) is 22.8 Å². The van der Waals surface area contributed by atoms with Crippen molar-refractivity contribution in [2.45, 2.75) is 94.3 Å². The molecule has 0 atom stereocenters. The van der Waals surface area contributed by atoms with E-state index in [9.17, 15) is 24.0 Å². The molecule has 0 saturated carbocycles. The van der Waals surface area contributed by atoms with Gasteiger partial charge in [-0.1, -0.05) is 27.7 Å². The Morgan fingerprint density at radius 1 is 0.667 bits per heavy atom. The summed E-state index contributed by atoms with van der Waals surface area (Å²) in [6.45, 7) is 20.4. The van der Waals surface area contributed by atoms with Crippen molar-refractivity contribution in [1.29, 1.82) is 0 Å². The van der Waals surface area contributed by atoms with Gasteiger partial charge in [-0.15, -0.1) is 0 Å². The Bertz CT molecular complexity index is 2110. The molecule has 0 bridgehead atoms. The summed E-state index contributed by atoms with van der Waals surface area (Å²) in [5.41, 5.74) is 1.38. The van der Waals surface area contributed by atoms with E-state index in [1.807, 2.05) is 46.1 Å². The molecule has 3 amide bonds. The van der Waals surface area contributed by atoms with Crippen molar-refractivity contribution >= 4 is 57.6 Å². The highest BCUT2D eigenvalue weighted by Gasteiger charge is 2.15. The predicted octanol–water partition coefficient (Wildman–Crippen LogP) is 4.08. The maximum absolute atomic E-state index is 11.9. The van der Waals surface area contributed by atoms with Gasteiger partial charge in [-0.3, -0.25) is 34.0 Å². The van der Waals surface area contributed by atoms with E-state index in [1.165, 1.54) is 17.8 Å². The highest BCUT2D eigenvalue weighted by molar-refractivity contribution is 5.95. The molecule has 0 aliphatic carbocycles. The second kappa shape index (κ2) is 17.2. The van der Waals surface area contributed by atoms with E-state index in [0.717, 1.165) is 5.65 Å². The van der Waals surface area contributed by atoms with Crippen LogP contribution in [0.4, 0.5) is 17.6 Å². The number of aromatic amines is 1. The number of hydrogen-bond acceptors (Lipinski definition) is 11. The molecule has 0 unspecified atom stereocenters. The molecule has 5 aromatic heterocycles. The van der Waals surface area contributed by atoms with Crippen molar-refractivity contribution in [3.63, 3.8) is 0 Å². The molecular formula is C33H47N13O5. The highest BCUT2D eigenvalue weighted by atomic mass is 16.2. The predicted molar refractivity (Wildman–Crippen MR) is 194 cm³/mol. The summed E-state index contributed by atoms with van der Waals surface area (Å²) in [6.07, 6.45) is 6.34. The topological polar surface area (TPSA) is 229 Å². The average molecular weight is 706 g/mol. The zero-order valence-corrected chi connectivity index (χ0v) is 30.8. The van der Waals surface area contributed by atoms with Crippen LogP contribution in [0, 0.1) is 11.8 Å². The van der Waals surface area contributed by atoms with Crippen molar-refractivity contribution in [1.82, 2.24) is 48.6 Å². The highest BCUT2D eigenvalue weighted by Crippen LogP contribution is 2.20. The maximum atomic E-state index is 11.9. The lowest BCUT2D eigenvalue weighted by Crippen LogP contribution is -2.27. The molecule has 4 N–H and O–H groups in total. The van der Waals surface area contributed by atoms with Gasteiger partial charge in [-0.2, -0.15) is 9.97 Å². The Morgan fingerprint density at radius 2 is 1.22 bits per heavy atom. The van der Waals surface area contributed by atoms with Crippen LogP contribution < -0.4 is 27.2 Å².